The van der Waals surface area contributed by atoms with Gasteiger partial charge in [0.2, 0.25) is 11.8 Å². The third-order valence-corrected chi connectivity index (χ3v) is 4.53. The third-order valence-electron chi connectivity index (χ3n) is 4.53. The summed E-state index contributed by atoms with van der Waals surface area (Å²) in [6.45, 7) is 3.59. The van der Waals surface area contributed by atoms with Crippen molar-refractivity contribution in [1.29, 1.82) is 0 Å². The Labute approximate surface area is 158 Å². The zero-order valence-electron chi connectivity index (χ0n) is 15.0. The van der Waals surface area contributed by atoms with Gasteiger partial charge >= 0.3 is 6.43 Å². The zero-order valence-corrected chi connectivity index (χ0v) is 15.0. The first-order valence-electron chi connectivity index (χ1n) is 8.78. The van der Waals surface area contributed by atoms with E-state index in [4.69, 9.17) is 4.42 Å². The standard InChI is InChI=1S/C17H17F2N7O2/c1-2-14(27)25-6-11(7-25)13-9-26(24-21-13)8-12-4-3-10(5-20-12)16-22-23-17(28-16)15(18)19/h3-5,9,11,15H,2,6-8H2,1H3. The van der Waals surface area contributed by atoms with E-state index in [9.17, 15) is 13.6 Å². The number of amides is 1. The molecule has 9 nitrogen and oxygen atoms in total. The second-order valence-corrected chi connectivity index (χ2v) is 6.47. The van der Waals surface area contributed by atoms with Gasteiger partial charge in [-0.1, -0.05) is 12.1 Å². The molecule has 4 heterocycles. The minimum Gasteiger partial charge on any atom is -0.415 e. The van der Waals surface area contributed by atoms with Crippen LogP contribution >= 0.6 is 0 Å². The minimum absolute atomic E-state index is 0.00597. The van der Waals surface area contributed by atoms with Crippen LogP contribution in [0.25, 0.3) is 11.5 Å². The van der Waals surface area contributed by atoms with Crippen LogP contribution in [0.1, 0.15) is 43.0 Å². The van der Waals surface area contributed by atoms with E-state index < -0.39 is 12.3 Å². The Morgan fingerprint density at radius 1 is 1.29 bits per heavy atom. The fourth-order valence-electron chi connectivity index (χ4n) is 2.92. The van der Waals surface area contributed by atoms with Crippen molar-refractivity contribution in [2.45, 2.75) is 32.2 Å². The Morgan fingerprint density at radius 2 is 2.11 bits per heavy atom. The summed E-state index contributed by atoms with van der Waals surface area (Å²) >= 11 is 0. The summed E-state index contributed by atoms with van der Waals surface area (Å²) in [6.07, 6.45) is 1.03. The summed E-state index contributed by atoms with van der Waals surface area (Å²) in [5.41, 5.74) is 2.02. The molecule has 3 aromatic heterocycles. The first-order valence-corrected chi connectivity index (χ1v) is 8.78. The lowest BCUT2D eigenvalue weighted by Gasteiger charge is -2.38. The molecule has 1 aliphatic rings. The van der Waals surface area contributed by atoms with Crippen molar-refractivity contribution in [3.05, 3.63) is 41.8 Å². The van der Waals surface area contributed by atoms with Gasteiger partial charge in [-0.05, 0) is 12.1 Å². The lowest BCUT2D eigenvalue weighted by molar-refractivity contribution is -0.135. The maximum absolute atomic E-state index is 12.5. The normalized spacial score (nSPS) is 14.5. The average molecular weight is 389 g/mol. The molecule has 28 heavy (non-hydrogen) atoms. The number of hydrogen-bond acceptors (Lipinski definition) is 7. The summed E-state index contributed by atoms with van der Waals surface area (Å²) in [4.78, 5) is 17.7. The van der Waals surface area contributed by atoms with Crippen molar-refractivity contribution >= 4 is 5.91 Å². The highest BCUT2D eigenvalue weighted by atomic mass is 19.3. The highest BCUT2D eigenvalue weighted by molar-refractivity contribution is 5.76. The van der Waals surface area contributed by atoms with Crippen molar-refractivity contribution in [1.82, 2.24) is 35.1 Å². The van der Waals surface area contributed by atoms with Crippen molar-refractivity contribution in [2.24, 2.45) is 0 Å². The Balaban J connectivity index is 1.37. The molecule has 0 aliphatic carbocycles. The summed E-state index contributed by atoms with van der Waals surface area (Å²) in [7, 11) is 0. The van der Waals surface area contributed by atoms with Crippen molar-refractivity contribution in [3.63, 3.8) is 0 Å². The van der Waals surface area contributed by atoms with E-state index in [1.54, 1.807) is 21.7 Å². The maximum Gasteiger partial charge on any atom is 0.314 e. The molecule has 146 valence electrons. The van der Waals surface area contributed by atoms with Crippen molar-refractivity contribution in [3.8, 4) is 11.5 Å². The molecule has 0 unspecified atom stereocenters. The van der Waals surface area contributed by atoms with Gasteiger partial charge in [0, 0.05) is 37.8 Å². The number of aromatic nitrogens is 6. The molecule has 0 bridgehead atoms. The summed E-state index contributed by atoms with van der Waals surface area (Å²) in [5.74, 6) is -0.367. The summed E-state index contributed by atoms with van der Waals surface area (Å²) in [6, 6.07) is 3.40. The molecular formula is C17H17F2N7O2. The minimum atomic E-state index is -2.81. The van der Waals surface area contributed by atoms with Gasteiger partial charge in [-0.3, -0.25) is 9.78 Å². The molecule has 11 heteroatoms. The predicted molar refractivity (Wildman–Crippen MR) is 91.2 cm³/mol. The third kappa shape index (κ3) is 3.59. The number of halogens is 2. The van der Waals surface area contributed by atoms with Crippen LogP contribution in [-0.4, -0.2) is 54.1 Å². The molecule has 0 radical (unpaired) electrons. The number of rotatable bonds is 6. The number of hydrogen-bond donors (Lipinski definition) is 0. The molecular weight excluding hydrogens is 372 g/mol. The van der Waals surface area contributed by atoms with Crippen LogP contribution in [0.3, 0.4) is 0 Å². The summed E-state index contributed by atoms with van der Waals surface area (Å²) < 4.78 is 31.6. The van der Waals surface area contributed by atoms with Crippen molar-refractivity contribution < 1.29 is 18.0 Å². The first kappa shape index (κ1) is 18.1. The fourth-order valence-corrected chi connectivity index (χ4v) is 2.92. The molecule has 0 saturated carbocycles. The monoisotopic (exact) mass is 389 g/mol. The highest BCUT2D eigenvalue weighted by Crippen LogP contribution is 2.26. The van der Waals surface area contributed by atoms with E-state index in [2.05, 4.69) is 25.5 Å². The predicted octanol–water partition coefficient (Wildman–Crippen LogP) is 2.04. The van der Waals surface area contributed by atoms with Gasteiger partial charge in [-0.15, -0.1) is 15.3 Å². The molecule has 0 atom stereocenters. The maximum atomic E-state index is 12.5. The van der Waals surface area contributed by atoms with Gasteiger partial charge in [-0.2, -0.15) is 8.78 Å². The van der Waals surface area contributed by atoms with E-state index in [1.165, 1.54) is 6.20 Å². The van der Waals surface area contributed by atoms with Crippen LogP contribution in [-0.2, 0) is 11.3 Å². The Kier molecular flexibility index (Phi) is 4.80. The van der Waals surface area contributed by atoms with Crippen LogP contribution in [0.2, 0.25) is 0 Å². The second-order valence-electron chi connectivity index (χ2n) is 6.47. The largest absolute Gasteiger partial charge is 0.415 e. The SMILES string of the molecule is CCC(=O)N1CC(c2cn(Cc3ccc(-c4nnc(C(F)F)o4)cn3)nn2)C1. The van der Waals surface area contributed by atoms with Crippen LogP contribution in [0.15, 0.2) is 28.9 Å². The average Bonchev–Trinajstić information content (AvgIpc) is 3.31. The van der Waals surface area contributed by atoms with E-state index in [0.29, 0.717) is 37.3 Å². The quantitative estimate of drug-likeness (QED) is 0.636. The topological polar surface area (TPSA) is 103 Å². The van der Waals surface area contributed by atoms with E-state index in [1.807, 2.05) is 13.1 Å². The fraction of sp³-hybridized carbons (Fsp3) is 0.412. The van der Waals surface area contributed by atoms with Gasteiger partial charge in [-0.25, -0.2) is 4.68 Å². The van der Waals surface area contributed by atoms with Crippen LogP contribution in [0.5, 0.6) is 0 Å². The Bertz CT molecular complexity index is 964. The van der Waals surface area contributed by atoms with Gasteiger partial charge in [0.15, 0.2) is 0 Å². The molecule has 0 spiro atoms. The van der Waals surface area contributed by atoms with Gasteiger partial charge in [0.1, 0.15) is 0 Å². The van der Waals surface area contributed by atoms with Crippen LogP contribution in [0, 0.1) is 0 Å². The smallest absolute Gasteiger partial charge is 0.314 e. The molecule has 3 aromatic rings. The number of pyridine rings is 1. The molecule has 1 aliphatic heterocycles. The van der Waals surface area contributed by atoms with Crippen molar-refractivity contribution in [2.75, 3.05) is 13.1 Å². The number of alkyl halides is 2. The number of nitrogens with zero attached hydrogens (tertiary/aromatic N) is 7. The molecule has 1 saturated heterocycles. The number of carbonyl (C=O) groups excluding carboxylic acids is 1. The molecule has 0 N–H and O–H groups in total. The van der Waals surface area contributed by atoms with Gasteiger partial charge in [0.05, 0.1) is 23.5 Å². The van der Waals surface area contributed by atoms with Gasteiger partial charge < -0.3 is 9.32 Å². The number of likely N-dealkylation sites (tertiary alicyclic amines) is 1. The van der Waals surface area contributed by atoms with Gasteiger partial charge in [0.25, 0.3) is 5.89 Å². The highest BCUT2D eigenvalue weighted by Gasteiger charge is 2.32. The van der Waals surface area contributed by atoms with Crippen LogP contribution < -0.4 is 0 Å². The lowest BCUT2D eigenvalue weighted by Crippen LogP contribution is -2.48. The Hall–Kier alpha value is -3.24. The van der Waals surface area contributed by atoms with E-state index in [-0.39, 0.29) is 17.7 Å². The van der Waals surface area contributed by atoms with E-state index in [0.717, 1.165) is 5.69 Å². The first-order chi connectivity index (χ1) is 13.5. The summed E-state index contributed by atoms with van der Waals surface area (Å²) in [5, 5.41) is 15.2. The molecule has 1 fully saturated rings. The second kappa shape index (κ2) is 7.41. The molecule has 0 aromatic carbocycles. The Morgan fingerprint density at radius 3 is 2.75 bits per heavy atom. The lowest BCUT2D eigenvalue weighted by atomic mass is 9.96. The van der Waals surface area contributed by atoms with Crippen LogP contribution in [0.4, 0.5) is 8.78 Å². The number of carbonyl (C=O) groups is 1. The zero-order chi connectivity index (χ0) is 19.7. The molecule has 4 rings (SSSR count). The molecule has 1 amide bonds. The van der Waals surface area contributed by atoms with E-state index >= 15 is 0 Å².